The Bertz CT molecular complexity index is 615. The minimum atomic E-state index is -0.525. The minimum Gasteiger partial charge on any atom is -0.443 e. The molecule has 1 aliphatic rings. The Balaban J connectivity index is 1.79. The van der Waals surface area contributed by atoms with Crippen molar-refractivity contribution in [1.29, 1.82) is 0 Å². The summed E-state index contributed by atoms with van der Waals surface area (Å²) >= 11 is 0. The van der Waals surface area contributed by atoms with Gasteiger partial charge >= 0.3 is 11.8 Å². The Morgan fingerprint density at radius 2 is 2.30 bits per heavy atom. The number of fused-ring (bicyclic) bond motifs is 1. The van der Waals surface area contributed by atoms with Crippen molar-refractivity contribution < 1.29 is 14.4 Å². The quantitative estimate of drug-likeness (QED) is 0.437. The number of ether oxygens (including phenoxy) is 2. The van der Waals surface area contributed by atoms with E-state index in [4.69, 9.17) is 9.47 Å². The zero-order valence-corrected chi connectivity index (χ0v) is 13.8. The number of allylic oxidation sites excluding steroid dienone is 3. The van der Waals surface area contributed by atoms with E-state index in [-0.39, 0.29) is 17.9 Å². The number of hydrogen-bond acceptors (Lipinski definition) is 5. The second-order valence-electron chi connectivity index (χ2n) is 5.93. The zero-order valence-electron chi connectivity index (χ0n) is 13.8. The summed E-state index contributed by atoms with van der Waals surface area (Å²) in [5, 5.41) is 10.7. The lowest BCUT2D eigenvalue weighted by Gasteiger charge is -2.21. The summed E-state index contributed by atoms with van der Waals surface area (Å²) in [4.78, 5) is 14.0. The maximum absolute atomic E-state index is 10.7. The molecule has 0 aliphatic carbocycles. The van der Waals surface area contributed by atoms with Crippen molar-refractivity contribution in [2.24, 2.45) is 0 Å². The standard InChI is InChI=1S/C16H23N3O4/c1-12(2)5-4-6-13(3)7-8-22-14-9-18-10-15(19(20)21)17-16(18)23-11-14/h5,7,10,14H,4,6,8-9,11H2,1-3H3/t14-/m0/s1. The first-order chi connectivity index (χ1) is 11.0. The van der Waals surface area contributed by atoms with Crippen LogP contribution in [0.15, 0.2) is 29.5 Å². The maximum Gasteiger partial charge on any atom is 0.414 e. The smallest absolute Gasteiger partial charge is 0.414 e. The molecule has 1 aliphatic heterocycles. The summed E-state index contributed by atoms with van der Waals surface area (Å²) < 4.78 is 12.8. The van der Waals surface area contributed by atoms with Gasteiger partial charge in [0.25, 0.3) is 0 Å². The summed E-state index contributed by atoms with van der Waals surface area (Å²) in [5.41, 5.74) is 2.62. The average Bonchev–Trinajstić information content (AvgIpc) is 2.90. The highest BCUT2D eigenvalue weighted by Gasteiger charge is 2.27. The Hall–Kier alpha value is -2.15. The number of aromatic nitrogens is 2. The van der Waals surface area contributed by atoms with Crippen LogP contribution in [0.4, 0.5) is 5.82 Å². The molecular formula is C16H23N3O4. The first-order valence-electron chi connectivity index (χ1n) is 7.70. The molecule has 2 heterocycles. The van der Waals surface area contributed by atoms with Gasteiger partial charge in [-0.1, -0.05) is 23.3 Å². The summed E-state index contributed by atoms with van der Waals surface area (Å²) in [6.07, 6.45) is 7.61. The normalized spacial score (nSPS) is 17.3. The topological polar surface area (TPSA) is 79.4 Å². The van der Waals surface area contributed by atoms with E-state index < -0.39 is 4.92 Å². The fraction of sp³-hybridized carbons (Fsp3) is 0.562. The lowest BCUT2D eigenvalue weighted by Crippen LogP contribution is -2.32. The Morgan fingerprint density at radius 1 is 1.52 bits per heavy atom. The third kappa shape index (κ3) is 5.21. The molecule has 1 atom stereocenters. The molecule has 0 bridgehead atoms. The van der Waals surface area contributed by atoms with E-state index in [0.29, 0.717) is 19.8 Å². The van der Waals surface area contributed by atoms with Gasteiger partial charge in [0.05, 0.1) is 13.2 Å². The van der Waals surface area contributed by atoms with Crippen LogP contribution in [0.2, 0.25) is 0 Å². The van der Waals surface area contributed by atoms with E-state index in [1.54, 1.807) is 4.57 Å². The van der Waals surface area contributed by atoms with Gasteiger partial charge in [-0.2, -0.15) is 0 Å². The van der Waals surface area contributed by atoms with Crippen molar-refractivity contribution in [1.82, 2.24) is 9.55 Å². The van der Waals surface area contributed by atoms with E-state index in [0.717, 1.165) is 12.8 Å². The second kappa shape index (κ2) is 7.92. The number of imidazole rings is 1. The largest absolute Gasteiger partial charge is 0.443 e. The summed E-state index contributed by atoms with van der Waals surface area (Å²) in [5.74, 6) is -0.198. The summed E-state index contributed by atoms with van der Waals surface area (Å²) in [7, 11) is 0. The minimum absolute atomic E-state index is 0.127. The van der Waals surface area contributed by atoms with Crippen LogP contribution >= 0.6 is 0 Å². The Kier molecular flexibility index (Phi) is 5.92. The molecule has 23 heavy (non-hydrogen) atoms. The van der Waals surface area contributed by atoms with E-state index >= 15 is 0 Å². The highest BCUT2D eigenvalue weighted by molar-refractivity contribution is 5.21. The van der Waals surface area contributed by atoms with Crippen molar-refractivity contribution >= 4 is 5.82 Å². The number of hydrogen-bond donors (Lipinski definition) is 0. The van der Waals surface area contributed by atoms with Crippen molar-refractivity contribution in [3.05, 3.63) is 39.6 Å². The van der Waals surface area contributed by atoms with Crippen LogP contribution in [0.5, 0.6) is 6.01 Å². The molecule has 7 nitrogen and oxygen atoms in total. The zero-order chi connectivity index (χ0) is 16.8. The molecular weight excluding hydrogens is 298 g/mol. The van der Waals surface area contributed by atoms with Crippen LogP contribution in [0.1, 0.15) is 33.6 Å². The molecule has 0 saturated heterocycles. The van der Waals surface area contributed by atoms with Gasteiger partial charge in [0.1, 0.15) is 18.9 Å². The molecule has 0 aromatic carbocycles. The summed E-state index contributed by atoms with van der Waals surface area (Å²) in [6.45, 7) is 7.68. The van der Waals surface area contributed by atoms with Crippen LogP contribution in [0.3, 0.4) is 0 Å². The fourth-order valence-electron chi connectivity index (χ4n) is 2.28. The highest BCUT2D eigenvalue weighted by Crippen LogP contribution is 2.22. The monoisotopic (exact) mass is 321 g/mol. The molecule has 1 aromatic rings. The van der Waals surface area contributed by atoms with Gasteiger partial charge in [-0.15, -0.1) is 0 Å². The number of nitrogens with zero attached hydrogens (tertiary/aromatic N) is 3. The first kappa shape index (κ1) is 17.2. The van der Waals surface area contributed by atoms with Gasteiger partial charge in [0.15, 0.2) is 0 Å². The van der Waals surface area contributed by atoms with Crippen LogP contribution in [-0.2, 0) is 11.3 Å². The number of rotatable bonds is 7. The molecule has 0 radical (unpaired) electrons. The predicted molar refractivity (Wildman–Crippen MR) is 86.5 cm³/mol. The lowest BCUT2D eigenvalue weighted by atomic mass is 10.1. The van der Waals surface area contributed by atoms with Gasteiger partial charge in [-0.05, 0) is 38.5 Å². The van der Waals surface area contributed by atoms with Crippen LogP contribution < -0.4 is 4.74 Å². The lowest BCUT2D eigenvalue weighted by molar-refractivity contribution is -0.389. The van der Waals surface area contributed by atoms with Crippen molar-refractivity contribution in [2.75, 3.05) is 13.2 Å². The van der Waals surface area contributed by atoms with Gasteiger partial charge in [-0.25, -0.2) is 0 Å². The average molecular weight is 321 g/mol. The third-order valence-electron chi connectivity index (χ3n) is 3.57. The molecule has 7 heteroatoms. The summed E-state index contributed by atoms with van der Waals surface area (Å²) in [6, 6.07) is 0.282. The molecule has 0 unspecified atom stereocenters. The number of nitro groups is 1. The van der Waals surface area contributed by atoms with Crippen LogP contribution in [-0.4, -0.2) is 33.8 Å². The molecule has 0 fully saturated rings. The first-order valence-corrected chi connectivity index (χ1v) is 7.70. The molecule has 0 amide bonds. The molecule has 0 saturated carbocycles. The third-order valence-corrected chi connectivity index (χ3v) is 3.57. The van der Waals surface area contributed by atoms with E-state index in [9.17, 15) is 10.1 Å². The van der Waals surface area contributed by atoms with E-state index in [1.165, 1.54) is 17.3 Å². The Morgan fingerprint density at radius 3 is 3.00 bits per heavy atom. The van der Waals surface area contributed by atoms with Gasteiger partial charge < -0.3 is 19.6 Å². The van der Waals surface area contributed by atoms with E-state index in [1.807, 2.05) is 0 Å². The predicted octanol–water partition coefficient (Wildman–Crippen LogP) is 3.26. The highest BCUT2D eigenvalue weighted by atomic mass is 16.6. The van der Waals surface area contributed by atoms with Gasteiger partial charge in [0.2, 0.25) is 0 Å². The molecule has 1 aromatic heterocycles. The van der Waals surface area contributed by atoms with Crippen molar-refractivity contribution in [3.8, 4) is 6.01 Å². The molecule has 0 spiro atoms. The Labute approximate surface area is 135 Å². The van der Waals surface area contributed by atoms with Gasteiger partial charge in [-0.3, -0.25) is 4.57 Å². The fourth-order valence-corrected chi connectivity index (χ4v) is 2.28. The van der Waals surface area contributed by atoms with Crippen molar-refractivity contribution in [2.45, 2.75) is 46.3 Å². The SMILES string of the molecule is CC(C)=CCCC(C)=CCO[C@@H]1COc2nc([N+](=O)[O-])cn2C1. The molecule has 2 rings (SSSR count). The van der Waals surface area contributed by atoms with Crippen molar-refractivity contribution in [3.63, 3.8) is 0 Å². The molecule has 0 N–H and O–H groups in total. The molecule has 126 valence electrons. The second-order valence-corrected chi connectivity index (χ2v) is 5.93. The maximum atomic E-state index is 10.7. The van der Waals surface area contributed by atoms with Gasteiger partial charge in [0, 0.05) is 4.98 Å². The van der Waals surface area contributed by atoms with Crippen LogP contribution in [0.25, 0.3) is 0 Å². The van der Waals surface area contributed by atoms with E-state index in [2.05, 4.69) is 37.9 Å². The van der Waals surface area contributed by atoms with Crippen LogP contribution in [0, 0.1) is 10.1 Å².